The second kappa shape index (κ2) is 11.3. The predicted molar refractivity (Wildman–Crippen MR) is 148 cm³/mol. The summed E-state index contributed by atoms with van der Waals surface area (Å²) in [5.74, 6) is -0.894. The third-order valence-electron chi connectivity index (χ3n) is 7.70. The highest BCUT2D eigenvalue weighted by atomic mass is 19.1. The van der Waals surface area contributed by atoms with E-state index in [-0.39, 0.29) is 23.4 Å². The van der Waals surface area contributed by atoms with Crippen LogP contribution < -0.4 is 5.32 Å². The van der Waals surface area contributed by atoms with Crippen LogP contribution in [0.5, 0.6) is 0 Å². The van der Waals surface area contributed by atoms with Gasteiger partial charge in [0.15, 0.2) is 0 Å². The van der Waals surface area contributed by atoms with E-state index in [9.17, 15) is 18.4 Å². The lowest BCUT2D eigenvalue weighted by molar-refractivity contribution is -0.128. The fourth-order valence-corrected chi connectivity index (χ4v) is 5.38. The monoisotopic (exact) mass is 527 g/mol. The molecular formula is C32H31F2N3O2. The van der Waals surface area contributed by atoms with Gasteiger partial charge in [0.25, 0.3) is 5.91 Å². The molecule has 0 atom stereocenters. The third kappa shape index (κ3) is 5.82. The number of benzene rings is 3. The number of nitrogens with zero attached hydrogens (tertiary/aromatic N) is 2. The molecule has 0 bridgehead atoms. The van der Waals surface area contributed by atoms with Gasteiger partial charge in [-0.2, -0.15) is 0 Å². The summed E-state index contributed by atoms with van der Waals surface area (Å²) in [6, 6.07) is 19.6. The van der Waals surface area contributed by atoms with Crippen LogP contribution in [0, 0.1) is 11.6 Å². The van der Waals surface area contributed by atoms with Crippen LogP contribution in [-0.2, 0) is 10.2 Å². The van der Waals surface area contributed by atoms with Gasteiger partial charge in [-0.3, -0.25) is 14.6 Å². The summed E-state index contributed by atoms with van der Waals surface area (Å²) in [4.78, 5) is 33.3. The Morgan fingerprint density at radius 1 is 0.872 bits per heavy atom. The Hall–Kier alpha value is -4.13. The third-order valence-corrected chi connectivity index (χ3v) is 7.70. The van der Waals surface area contributed by atoms with Crippen molar-refractivity contribution in [3.8, 4) is 11.1 Å². The molecule has 0 spiro atoms. The smallest absolute Gasteiger partial charge is 0.253 e. The molecule has 2 amide bonds. The maximum atomic E-state index is 13.7. The van der Waals surface area contributed by atoms with E-state index in [1.807, 2.05) is 25.1 Å². The summed E-state index contributed by atoms with van der Waals surface area (Å²) < 4.78 is 27.0. The number of hydrogen-bond acceptors (Lipinski definition) is 3. The number of allylic oxidation sites excluding steroid dienone is 1. The topological polar surface area (TPSA) is 61.8 Å². The van der Waals surface area contributed by atoms with Crippen molar-refractivity contribution in [3.63, 3.8) is 0 Å². The molecule has 2 aliphatic rings. The van der Waals surface area contributed by atoms with Gasteiger partial charge in [-0.15, -0.1) is 0 Å². The van der Waals surface area contributed by atoms with Gasteiger partial charge in [0, 0.05) is 24.4 Å². The molecule has 0 aromatic heterocycles. The standard InChI is InChI=1S/C32H31F2N3O2/c1-22-3-2-4-29(36-22)21-35-31(39)32(26-11-15-28(34)16-12-26)17-19-37(20-18-32)30(38)25-7-5-23(6-8-25)24-9-13-27(33)14-10-24/h4-16H,2-3,17-21H2,1H3,(H,35,39). The molecule has 0 saturated carbocycles. The number of nitrogens with one attached hydrogen (secondary N) is 1. The summed E-state index contributed by atoms with van der Waals surface area (Å²) in [6.07, 6.45) is 4.72. The molecule has 39 heavy (non-hydrogen) atoms. The first-order valence-corrected chi connectivity index (χ1v) is 13.3. The van der Waals surface area contributed by atoms with Gasteiger partial charge in [0.2, 0.25) is 5.91 Å². The van der Waals surface area contributed by atoms with Crippen LogP contribution >= 0.6 is 0 Å². The summed E-state index contributed by atoms with van der Waals surface area (Å²) in [6.45, 7) is 3.10. The molecule has 5 nitrogen and oxygen atoms in total. The minimum Gasteiger partial charge on any atom is -0.350 e. The van der Waals surface area contributed by atoms with Crippen molar-refractivity contribution in [1.29, 1.82) is 0 Å². The quantitative estimate of drug-likeness (QED) is 0.424. The summed E-state index contributed by atoms with van der Waals surface area (Å²) in [5, 5.41) is 3.06. The molecule has 1 fully saturated rings. The first-order valence-electron chi connectivity index (χ1n) is 13.3. The average molecular weight is 528 g/mol. The van der Waals surface area contributed by atoms with Crippen molar-refractivity contribution in [2.75, 3.05) is 19.6 Å². The molecular weight excluding hydrogens is 496 g/mol. The molecule has 3 aromatic carbocycles. The molecule has 1 saturated heterocycles. The van der Waals surface area contributed by atoms with Crippen molar-refractivity contribution in [2.45, 2.75) is 38.0 Å². The maximum absolute atomic E-state index is 13.7. The number of hydrogen-bond donors (Lipinski definition) is 1. The molecule has 0 radical (unpaired) electrons. The van der Waals surface area contributed by atoms with Crippen LogP contribution in [0.15, 0.2) is 89.6 Å². The fraction of sp³-hybridized carbons (Fsp3) is 0.281. The van der Waals surface area contributed by atoms with Gasteiger partial charge in [-0.1, -0.05) is 42.5 Å². The van der Waals surface area contributed by atoms with Gasteiger partial charge in [0.05, 0.1) is 17.7 Å². The highest BCUT2D eigenvalue weighted by Gasteiger charge is 2.43. The number of amides is 2. The number of piperidine rings is 1. The van der Waals surface area contributed by atoms with Crippen LogP contribution in [0.3, 0.4) is 0 Å². The number of halogens is 2. The van der Waals surface area contributed by atoms with Gasteiger partial charge >= 0.3 is 0 Å². The highest BCUT2D eigenvalue weighted by molar-refractivity contribution is 5.95. The SMILES string of the molecule is CC1=NC(CNC(=O)C2(c3ccc(F)cc3)CCN(C(=O)c3ccc(-c4ccc(F)cc4)cc3)CC2)=CCC1. The van der Waals surface area contributed by atoms with E-state index >= 15 is 0 Å². The van der Waals surface area contributed by atoms with Crippen molar-refractivity contribution >= 4 is 17.5 Å². The fourth-order valence-electron chi connectivity index (χ4n) is 5.38. The number of likely N-dealkylation sites (tertiary alicyclic amines) is 1. The first-order chi connectivity index (χ1) is 18.8. The van der Waals surface area contributed by atoms with E-state index in [1.54, 1.807) is 41.3 Å². The molecule has 2 heterocycles. The molecule has 7 heteroatoms. The summed E-state index contributed by atoms with van der Waals surface area (Å²) in [5.41, 5.74) is 4.08. The van der Waals surface area contributed by atoms with E-state index in [0.717, 1.165) is 40.9 Å². The van der Waals surface area contributed by atoms with Crippen LogP contribution in [0.1, 0.15) is 48.5 Å². The molecule has 3 aromatic rings. The Balaban J connectivity index is 1.30. The van der Waals surface area contributed by atoms with Gasteiger partial charge in [0.1, 0.15) is 11.6 Å². The Morgan fingerprint density at radius 2 is 1.44 bits per heavy atom. The summed E-state index contributed by atoms with van der Waals surface area (Å²) >= 11 is 0. The number of carbonyl (C=O) groups excluding carboxylic acids is 2. The Bertz CT molecular complexity index is 1400. The lowest BCUT2D eigenvalue weighted by Gasteiger charge is -2.41. The number of rotatable bonds is 6. The van der Waals surface area contributed by atoms with Gasteiger partial charge in [-0.05, 0) is 85.7 Å². The van der Waals surface area contributed by atoms with Crippen molar-refractivity contribution in [1.82, 2.24) is 10.2 Å². The molecule has 0 unspecified atom stereocenters. The minimum atomic E-state index is -0.870. The zero-order valence-electron chi connectivity index (χ0n) is 21.9. The van der Waals surface area contributed by atoms with Crippen molar-refractivity contribution < 1.29 is 18.4 Å². The minimum absolute atomic E-state index is 0.106. The van der Waals surface area contributed by atoms with Crippen molar-refractivity contribution in [3.05, 3.63) is 107 Å². The van der Waals surface area contributed by atoms with Gasteiger partial charge in [-0.25, -0.2) is 8.78 Å². The molecule has 2 aliphatic heterocycles. The summed E-state index contributed by atoms with van der Waals surface area (Å²) in [7, 11) is 0. The van der Waals surface area contributed by atoms with Crippen LogP contribution in [0.25, 0.3) is 11.1 Å². The average Bonchev–Trinajstić information content (AvgIpc) is 2.96. The zero-order chi connectivity index (χ0) is 27.4. The van der Waals surface area contributed by atoms with E-state index in [0.29, 0.717) is 38.0 Å². The van der Waals surface area contributed by atoms with Crippen molar-refractivity contribution in [2.24, 2.45) is 4.99 Å². The molecule has 5 rings (SSSR count). The van der Waals surface area contributed by atoms with Gasteiger partial charge < -0.3 is 10.2 Å². The Kier molecular flexibility index (Phi) is 7.68. The zero-order valence-corrected chi connectivity index (χ0v) is 21.9. The number of carbonyl (C=O) groups is 2. The molecule has 200 valence electrons. The van der Waals surface area contributed by atoms with Crippen LogP contribution in [0.4, 0.5) is 8.78 Å². The Morgan fingerprint density at radius 3 is 2.03 bits per heavy atom. The largest absolute Gasteiger partial charge is 0.350 e. The molecule has 0 aliphatic carbocycles. The van der Waals surface area contributed by atoms with E-state index in [4.69, 9.17) is 0 Å². The van der Waals surface area contributed by atoms with E-state index in [2.05, 4.69) is 10.3 Å². The first kappa shape index (κ1) is 26.5. The maximum Gasteiger partial charge on any atom is 0.253 e. The predicted octanol–water partition coefficient (Wildman–Crippen LogP) is 6.06. The molecule has 1 N–H and O–H groups in total. The van der Waals surface area contributed by atoms with E-state index < -0.39 is 5.41 Å². The lowest BCUT2D eigenvalue weighted by atomic mass is 9.71. The second-order valence-corrected chi connectivity index (χ2v) is 10.2. The van der Waals surface area contributed by atoms with Crippen LogP contribution in [-0.4, -0.2) is 42.1 Å². The lowest BCUT2D eigenvalue weighted by Crippen LogP contribution is -2.53. The Labute approximate surface area is 227 Å². The second-order valence-electron chi connectivity index (χ2n) is 10.2. The van der Waals surface area contributed by atoms with E-state index in [1.165, 1.54) is 24.3 Å². The normalized spacial score (nSPS) is 16.7. The van der Waals surface area contributed by atoms with Crippen LogP contribution in [0.2, 0.25) is 0 Å². The highest BCUT2D eigenvalue weighted by Crippen LogP contribution is 2.37. The number of aliphatic imine (C=N–C) groups is 1.